The first-order valence-corrected chi connectivity index (χ1v) is 15.2. The van der Waals surface area contributed by atoms with Crippen LogP contribution in [0.15, 0.2) is 48.7 Å². The van der Waals surface area contributed by atoms with Gasteiger partial charge in [-0.05, 0) is 99.5 Å². The quantitative estimate of drug-likeness (QED) is 0.410. The van der Waals surface area contributed by atoms with E-state index in [1.54, 1.807) is 0 Å². The van der Waals surface area contributed by atoms with Gasteiger partial charge in [0.25, 0.3) is 0 Å². The third-order valence-electron chi connectivity index (χ3n) is 9.69. The normalized spacial score (nSPS) is 33.0. The number of hydrogen-bond acceptors (Lipinski definition) is 6. The van der Waals surface area contributed by atoms with Gasteiger partial charge in [-0.3, -0.25) is 15.2 Å². The number of piperidine rings is 2. The van der Waals surface area contributed by atoms with Gasteiger partial charge >= 0.3 is 0 Å². The lowest BCUT2D eigenvalue weighted by molar-refractivity contribution is -0.127. The van der Waals surface area contributed by atoms with E-state index in [4.69, 9.17) is 0 Å². The zero-order valence-corrected chi connectivity index (χ0v) is 23.4. The Hall–Kier alpha value is -2.48. The number of nitrogens with zero attached hydrogens (tertiary/aromatic N) is 2. The zero-order valence-electron chi connectivity index (χ0n) is 23.4. The van der Waals surface area contributed by atoms with Gasteiger partial charge in [-0.25, -0.2) is 5.43 Å². The predicted octanol–water partition coefficient (Wildman–Crippen LogP) is 4.80. The van der Waals surface area contributed by atoms with Gasteiger partial charge < -0.3 is 15.3 Å². The summed E-state index contributed by atoms with van der Waals surface area (Å²) < 4.78 is 0. The van der Waals surface area contributed by atoms with Crippen molar-refractivity contribution in [3.05, 3.63) is 59.9 Å². The second-order valence-corrected chi connectivity index (χ2v) is 12.9. The first-order chi connectivity index (χ1) is 19.0. The Morgan fingerprint density at radius 2 is 1.79 bits per heavy atom. The minimum absolute atomic E-state index is 0.0206. The van der Waals surface area contributed by atoms with E-state index in [1.165, 1.54) is 30.5 Å². The Bertz CT molecular complexity index is 1100. The van der Waals surface area contributed by atoms with Crippen molar-refractivity contribution in [2.75, 3.05) is 4.90 Å². The lowest BCUT2D eigenvalue weighted by Crippen LogP contribution is -2.53. The molecule has 39 heavy (non-hydrogen) atoms. The summed E-state index contributed by atoms with van der Waals surface area (Å²) >= 11 is 0. The number of rotatable bonds is 7. The van der Waals surface area contributed by atoms with Gasteiger partial charge in [0.2, 0.25) is 5.91 Å². The van der Waals surface area contributed by atoms with Crippen molar-refractivity contribution in [1.82, 2.24) is 21.2 Å². The van der Waals surface area contributed by atoms with Crippen molar-refractivity contribution in [2.45, 2.75) is 108 Å². The molecule has 1 saturated carbocycles. The summed E-state index contributed by atoms with van der Waals surface area (Å²) in [6.07, 6.45) is 10.7. The second-order valence-electron chi connectivity index (χ2n) is 12.9. The maximum absolute atomic E-state index is 13.5. The third-order valence-corrected chi connectivity index (χ3v) is 9.69. The van der Waals surface area contributed by atoms with E-state index in [2.05, 4.69) is 64.2 Å². The molecule has 1 aliphatic carbocycles. The lowest BCUT2D eigenvalue weighted by atomic mass is 9.74. The average Bonchev–Trinajstić information content (AvgIpc) is 3.36. The molecule has 4 heterocycles. The van der Waals surface area contributed by atoms with Crippen molar-refractivity contribution in [3.8, 4) is 0 Å². The molecule has 4 unspecified atom stereocenters. The highest BCUT2D eigenvalue weighted by atomic mass is 16.3. The van der Waals surface area contributed by atoms with E-state index in [0.717, 1.165) is 44.2 Å². The Kier molecular flexibility index (Phi) is 7.92. The van der Waals surface area contributed by atoms with Crippen molar-refractivity contribution in [3.63, 3.8) is 0 Å². The molecule has 4 fully saturated rings. The molecule has 4 N–H and O–H groups in total. The van der Waals surface area contributed by atoms with Crippen LogP contribution < -0.4 is 21.1 Å². The number of aliphatic hydroxyl groups excluding tert-OH is 1. The van der Waals surface area contributed by atoms with Crippen LogP contribution in [0.25, 0.3) is 0 Å². The van der Waals surface area contributed by atoms with E-state index >= 15 is 0 Å². The smallest absolute Gasteiger partial charge is 0.223 e. The molecule has 1 amide bonds. The summed E-state index contributed by atoms with van der Waals surface area (Å²) in [7, 11) is 0. The fourth-order valence-corrected chi connectivity index (χ4v) is 7.85. The van der Waals surface area contributed by atoms with Gasteiger partial charge in [0.05, 0.1) is 23.9 Å². The summed E-state index contributed by atoms with van der Waals surface area (Å²) in [5.41, 5.74) is 10.6. The van der Waals surface area contributed by atoms with Gasteiger partial charge in [-0.1, -0.05) is 32.0 Å². The van der Waals surface area contributed by atoms with E-state index in [-0.39, 0.29) is 30.0 Å². The fourth-order valence-electron chi connectivity index (χ4n) is 7.85. The maximum atomic E-state index is 13.5. The van der Waals surface area contributed by atoms with Crippen LogP contribution in [0.2, 0.25) is 0 Å². The van der Waals surface area contributed by atoms with Crippen molar-refractivity contribution < 1.29 is 9.90 Å². The van der Waals surface area contributed by atoms with E-state index < -0.39 is 0 Å². The number of aromatic nitrogens is 1. The van der Waals surface area contributed by atoms with Gasteiger partial charge in [0.1, 0.15) is 0 Å². The number of fused-ring (bicyclic) bond motifs is 3. The minimum Gasteiger partial charge on any atom is -0.393 e. The van der Waals surface area contributed by atoms with Crippen LogP contribution in [0.1, 0.15) is 95.0 Å². The molecule has 2 aromatic rings. The van der Waals surface area contributed by atoms with Crippen LogP contribution in [0.4, 0.5) is 5.69 Å². The highest BCUT2D eigenvalue weighted by Crippen LogP contribution is 2.42. The van der Waals surface area contributed by atoms with Crippen molar-refractivity contribution in [2.24, 2.45) is 17.8 Å². The fraction of sp³-hybridized carbons (Fsp3) is 0.625. The van der Waals surface area contributed by atoms with E-state index in [0.29, 0.717) is 30.0 Å². The zero-order chi connectivity index (χ0) is 26.9. The predicted molar refractivity (Wildman–Crippen MR) is 154 cm³/mol. The summed E-state index contributed by atoms with van der Waals surface area (Å²) in [6.45, 7) is 4.39. The van der Waals surface area contributed by atoms with Crippen LogP contribution in [-0.4, -0.2) is 40.2 Å². The molecule has 7 nitrogen and oxygen atoms in total. The van der Waals surface area contributed by atoms with E-state index in [9.17, 15) is 9.90 Å². The van der Waals surface area contributed by atoms with Crippen LogP contribution >= 0.6 is 0 Å². The van der Waals surface area contributed by atoms with Gasteiger partial charge in [-0.15, -0.1) is 0 Å². The molecule has 1 aromatic carbocycles. The summed E-state index contributed by atoms with van der Waals surface area (Å²) in [4.78, 5) is 20.7. The van der Waals surface area contributed by atoms with Crippen molar-refractivity contribution in [1.29, 1.82) is 0 Å². The molecule has 0 radical (unpaired) electrons. The van der Waals surface area contributed by atoms with Crippen molar-refractivity contribution >= 4 is 11.6 Å². The number of amides is 1. The highest BCUT2D eigenvalue weighted by molar-refractivity contribution is 5.79. The van der Waals surface area contributed by atoms with Crippen LogP contribution in [0.3, 0.4) is 0 Å². The highest BCUT2D eigenvalue weighted by Gasteiger charge is 2.43. The Balaban J connectivity index is 1.13. The van der Waals surface area contributed by atoms with Gasteiger partial charge in [-0.2, -0.15) is 0 Å². The third kappa shape index (κ3) is 5.72. The van der Waals surface area contributed by atoms with Crippen LogP contribution in [0, 0.1) is 17.8 Å². The number of hydrazine groups is 1. The van der Waals surface area contributed by atoms with Crippen LogP contribution in [-0.2, 0) is 4.79 Å². The van der Waals surface area contributed by atoms with Crippen LogP contribution in [0.5, 0.6) is 0 Å². The molecule has 3 aliphatic heterocycles. The Morgan fingerprint density at radius 3 is 2.49 bits per heavy atom. The maximum Gasteiger partial charge on any atom is 0.223 e. The molecule has 7 atom stereocenters. The number of nitrogens with one attached hydrogen (secondary N) is 3. The largest absolute Gasteiger partial charge is 0.393 e. The first-order valence-electron chi connectivity index (χ1n) is 15.2. The second kappa shape index (κ2) is 11.6. The molecule has 1 aromatic heterocycles. The van der Waals surface area contributed by atoms with Gasteiger partial charge in [0, 0.05) is 35.9 Å². The molecule has 210 valence electrons. The number of anilines is 1. The molecule has 0 spiro atoms. The molecule has 6 rings (SSSR count). The minimum atomic E-state index is -0.150. The summed E-state index contributed by atoms with van der Waals surface area (Å²) in [5.74, 6) is 1.04. The molecule has 2 bridgehead atoms. The lowest BCUT2D eigenvalue weighted by Gasteiger charge is -2.49. The molecule has 7 heteroatoms. The number of hydrogen-bond donors (Lipinski definition) is 4. The Morgan fingerprint density at radius 1 is 1.03 bits per heavy atom. The standard InChI is InChI=1S/C32H45N5O2/c1-20(2)16-30(29-8-3-4-15-33-29)34-32(39)22-11-14-28-27(17-22)31(36-35-28)21-9-12-23(13-10-21)37-24-6-5-7-25(37)19-26(38)18-24/h3-4,8-10,12-13,15,20,22,24-28,30-31,35-36,38H,5-7,11,14,16-19H2,1-2H3,(H,34,39)/t22?,24-,25-,27?,28?,30-,31?/m0/s1. The molecule has 3 saturated heterocycles. The summed E-state index contributed by atoms with van der Waals surface area (Å²) in [5, 5.41) is 13.7. The summed E-state index contributed by atoms with van der Waals surface area (Å²) in [6, 6.07) is 16.5. The number of carbonyl (C=O) groups is 1. The SMILES string of the molecule is CC(C)C[C@H](NC(=O)C1CCC2NNC(c3ccc(N4[C@H]5CCC[C@H]4CC(O)C5)cc3)C2C1)c1ccccn1. The Labute approximate surface area is 233 Å². The molecule has 4 aliphatic rings. The number of carbonyl (C=O) groups excluding carboxylic acids is 1. The monoisotopic (exact) mass is 531 g/mol. The number of pyridine rings is 1. The van der Waals surface area contributed by atoms with E-state index in [1.807, 2.05) is 24.4 Å². The molecular formula is C32H45N5O2. The van der Waals surface area contributed by atoms with Gasteiger partial charge in [0.15, 0.2) is 0 Å². The topological polar surface area (TPSA) is 89.5 Å². The average molecular weight is 532 g/mol. The molecular weight excluding hydrogens is 486 g/mol. The first kappa shape index (κ1) is 26.7. The number of benzene rings is 1. The number of aliphatic hydroxyl groups is 1.